The van der Waals surface area contributed by atoms with Gasteiger partial charge < -0.3 is 15.2 Å². The van der Waals surface area contributed by atoms with E-state index in [1.54, 1.807) is 12.1 Å². The molecule has 0 fully saturated rings. The number of amides is 1. The van der Waals surface area contributed by atoms with E-state index in [1.807, 2.05) is 14.1 Å². The number of Topliss-reactive ketones (excluding diaryl/α,β-unsaturated/α-hetero) is 1. The van der Waals surface area contributed by atoms with Crippen molar-refractivity contribution in [3.05, 3.63) is 29.6 Å². The molecule has 0 saturated carbocycles. The Hall–Kier alpha value is -2.21. The molecule has 112 valence electrons. The lowest BCUT2D eigenvalue weighted by Crippen LogP contribution is -2.27. The van der Waals surface area contributed by atoms with Gasteiger partial charge in [-0.1, -0.05) is 0 Å². The zero-order valence-corrected chi connectivity index (χ0v) is 12.6. The van der Waals surface area contributed by atoms with Gasteiger partial charge in [-0.3, -0.25) is 14.6 Å². The predicted molar refractivity (Wildman–Crippen MR) is 81.6 cm³/mol. The summed E-state index contributed by atoms with van der Waals surface area (Å²) in [5, 5.41) is 2.86. The molecule has 0 aromatic carbocycles. The number of aromatic amines is 1. The molecular formula is C15H20N4O2. The lowest BCUT2D eigenvalue weighted by molar-refractivity contribution is 0.0951. The first-order valence-electron chi connectivity index (χ1n) is 6.90. The number of hydrogen-bond donors (Lipinski definition) is 2. The molecule has 0 aliphatic rings. The molecule has 2 rings (SSSR count). The van der Waals surface area contributed by atoms with Gasteiger partial charge >= 0.3 is 0 Å². The van der Waals surface area contributed by atoms with Crippen LogP contribution in [0.1, 0.15) is 34.2 Å². The quantitative estimate of drug-likeness (QED) is 0.623. The maximum absolute atomic E-state index is 12.0. The first-order valence-corrected chi connectivity index (χ1v) is 6.90. The van der Waals surface area contributed by atoms with Crippen LogP contribution in [0, 0.1) is 0 Å². The van der Waals surface area contributed by atoms with E-state index in [4.69, 9.17) is 0 Å². The third kappa shape index (κ3) is 3.88. The monoisotopic (exact) mass is 288 g/mol. The molecule has 0 atom stereocenters. The fourth-order valence-electron chi connectivity index (χ4n) is 2.02. The number of nitrogens with zero attached hydrogens (tertiary/aromatic N) is 2. The van der Waals surface area contributed by atoms with E-state index in [1.165, 1.54) is 13.1 Å². The Morgan fingerprint density at radius 3 is 2.76 bits per heavy atom. The Morgan fingerprint density at radius 1 is 1.33 bits per heavy atom. The smallest absolute Gasteiger partial charge is 0.252 e. The molecule has 0 aliphatic carbocycles. The third-order valence-electron chi connectivity index (χ3n) is 3.18. The van der Waals surface area contributed by atoms with Crippen LogP contribution < -0.4 is 5.32 Å². The van der Waals surface area contributed by atoms with Crippen LogP contribution in [-0.4, -0.2) is 53.7 Å². The van der Waals surface area contributed by atoms with Crippen molar-refractivity contribution in [2.45, 2.75) is 13.3 Å². The molecule has 0 unspecified atom stereocenters. The number of pyridine rings is 1. The Balaban J connectivity index is 2.04. The van der Waals surface area contributed by atoms with Crippen molar-refractivity contribution in [1.82, 2.24) is 20.2 Å². The van der Waals surface area contributed by atoms with Crippen molar-refractivity contribution in [2.75, 3.05) is 27.2 Å². The van der Waals surface area contributed by atoms with Gasteiger partial charge in [-0.25, -0.2) is 0 Å². The van der Waals surface area contributed by atoms with E-state index in [2.05, 4.69) is 20.2 Å². The number of H-pyrrole nitrogens is 1. The average Bonchev–Trinajstić information content (AvgIpc) is 2.86. The van der Waals surface area contributed by atoms with Crippen LogP contribution in [0.2, 0.25) is 0 Å². The summed E-state index contributed by atoms with van der Waals surface area (Å²) in [7, 11) is 4.00. The molecule has 21 heavy (non-hydrogen) atoms. The molecule has 0 radical (unpaired) electrons. The predicted octanol–water partition coefficient (Wildman–Crippen LogP) is 1.45. The molecule has 2 heterocycles. The third-order valence-corrected chi connectivity index (χ3v) is 3.18. The topological polar surface area (TPSA) is 78.1 Å². The van der Waals surface area contributed by atoms with Gasteiger partial charge in [0, 0.05) is 19.7 Å². The summed E-state index contributed by atoms with van der Waals surface area (Å²) in [6, 6.07) is 3.41. The zero-order valence-electron chi connectivity index (χ0n) is 12.6. The second kappa shape index (κ2) is 6.49. The molecule has 2 aromatic heterocycles. The Morgan fingerprint density at radius 2 is 2.10 bits per heavy atom. The number of hydrogen-bond acceptors (Lipinski definition) is 4. The van der Waals surface area contributed by atoms with E-state index < -0.39 is 0 Å². The summed E-state index contributed by atoms with van der Waals surface area (Å²) < 4.78 is 0. The zero-order chi connectivity index (χ0) is 15.4. The van der Waals surface area contributed by atoms with E-state index in [9.17, 15) is 9.59 Å². The maximum Gasteiger partial charge on any atom is 0.252 e. The van der Waals surface area contributed by atoms with E-state index in [0.29, 0.717) is 28.8 Å². The summed E-state index contributed by atoms with van der Waals surface area (Å²) in [6.45, 7) is 3.04. The Labute approximate surface area is 123 Å². The molecule has 0 aliphatic heterocycles. The highest BCUT2D eigenvalue weighted by atomic mass is 16.1. The molecule has 2 N–H and O–H groups in total. The van der Waals surface area contributed by atoms with Crippen LogP contribution in [-0.2, 0) is 0 Å². The summed E-state index contributed by atoms with van der Waals surface area (Å²) in [6.07, 6.45) is 2.42. The standard InChI is InChI=1S/C15H20N4O2/c1-10(20)12-8-13-14(18-12)7-11(9-17-13)15(21)16-5-4-6-19(2)3/h7-9,18H,4-6H2,1-3H3,(H,16,21). The number of carbonyl (C=O) groups is 2. The Bertz CT molecular complexity index is 661. The average molecular weight is 288 g/mol. The number of rotatable bonds is 6. The fourth-order valence-corrected chi connectivity index (χ4v) is 2.02. The highest BCUT2D eigenvalue weighted by molar-refractivity contribution is 6.00. The molecule has 1 amide bonds. The van der Waals surface area contributed by atoms with Crippen LogP contribution in [0.3, 0.4) is 0 Å². The number of carbonyl (C=O) groups excluding carboxylic acids is 2. The van der Waals surface area contributed by atoms with E-state index in [0.717, 1.165) is 13.0 Å². The van der Waals surface area contributed by atoms with Gasteiger partial charge in [-0.05, 0) is 39.2 Å². The van der Waals surface area contributed by atoms with E-state index >= 15 is 0 Å². The number of ketones is 1. The molecule has 6 heteroatoms. The number of nitrogens with one attached hydrogen (secondary N) is 2. The normalized spacial score (nSPS) is 11.0. The lowest BCUT2D eigenvalue weighted by atomic mass is 10.2. The van der Waals surface area contributed by atoms with Crippen LogP contribution in [0.25, 0.3) is 11.0 Å². The van der Waals surface area contributed by atoms with Crippen LogP contribution in [0.5, 0.6) is 0 Å². The molecule has 0 saturated heterocycles. The van der Waals surface area contributed by atoms with E-state index in [-0.39, 0.29) is 11.7 Å². The molecule has 0 bridgehead atoms. The lowest BCUT2D eigenvalue weighted by Gasteiger charge is -2.09. The molecule has 6 nitrogen and oxygen atoms in total. The second-order valence-corrected chi connectivity index (χ2v) is 5.31. The minimum Gasteiger partial charge on any atom is -0.352 e. The van der Waals surface area contributed by atoms with Gasteiger partial charge in [0.15, 0.2) is 5.78 Å². The van der Waals surface area contributed by atoms with Crippen molar-refractivity contribution in [1.29, 1.82) is 0 Å². The van der Waals surface area contributed by atoms with Gasteiger partial charge in [-0.2, -0.15) is 0 Å². The summed E-state index contributed by atoms with van der Waals surface area (Å²) in [5.74, 6) is -0.204. The van der Waals surface area contributed by atoms with Crippen molar-refractivity contribution in [3.63, 3.8) is 0 Å². The van der Waals surface area contributed by atoms with Crippen molar-refractivity contribution in [3.8, 4) is 0 Å². The van der Waals surface area contributed by atoms with Gasteiger partial charge in [0.25, 0.3) is 5.91 Å². The maximum atomic E-state index is 12.0. The molecular weight excluding hydrogens is 268 g/mol. The summed E-state index contributed by atoms with van der Waals surface area (Å²) >= 11 is 0. The van der Waals surface area contributed by atoms with Crippen molar-refractivity contribution >= 4 is 22.7 Å². The Kier molecular flexibility index (Phi) is 4.70. The second-order valence-electron chi connectivity index (χ2n) is 5.31. The highest BCUT2D eigenvalue weighted by Gasteiger charge is 2.10. The van der Waals surface area contributed by atoms with Crippen molar-refractivity contribution < 1.29 is 9.59 Å². The van der Waals surface area contributed by atoms with Gasteiger partial charge in [0.1, 0.15) is 0 Å². The van der Waals surface area contributed by atoms with Crippen LogP contribution >= 0.6 is 0 Å². The number of aromatic nitrogens is 2. The summed E-state index contributed by atoms with van der Waals surface area (Å²) in [4.78, 5) is 32.6. The van der Waals surface area contributed by atoms with Gasteiger partial charge in [0.05, 0.1) is 22.3 Å². The first-order chi connectivity index (χ1) is 9.97. The molecule has 2 aromatic rings. The van der Waals surface area contributed by atoms with Crippen LogP contribution in [0.4, 0.5) is 0 Å². The highest BCUT2D eigenvalue weighted by Crippen LogP contribution is 2.14. The summed E-state index contributed by atoms with van der Waals surface area (Å²) in [5.41, 5.74) is 2.37. The fraction of sp³-hybridized carbons (Fsp3) is 0.400. The largest absolute Gasteiger partial charge is 0.352 e. The van der Waals surface area contributed by atoms with Gasteiger partial charge in [0.2, 0.25) is 0 Å². The SMILES string of the molecule is CC(=O)c1cc2ncc(C(=O)NCCCN(C)C)cc2[nH]1. The minimum atomic E-state index is -0.151. The van der Waals surface area contributed by atoms with Gasteiger partial charge in [-0.15, -0.1) is 0 Å². The molecule has 0 spiro atoms. The first kappa shape index (κ1) is 15.2. The minimum absolute atomic E-state index is 0.0531. The number of fused-ring (bicyclic) bond motifs is 1. The van der Waals surface area contributed by atoms with Crippen molar-refractivity contribution in [2.24, 2.45) is 0 Å². The van der Waals surface area contributed by atoms with Crippen LogP contribution in [0.15, 0.2) is 18.3 Å².